The van der Waals surface area contributed by atoms with Gasteiger partial charge in [0.05, 0.1) is 0 Å². The van der Waals surface area contributed by atoms with Crippen LogP contribution in [0.5, 0.6) is 0 Å². The second-order valence-corrected chi connectivity index (χ2v) is 6.29. The summed E-state index contributed by atoms with van der Waals surface area (Å²) in [7, 11) is 2.22. The van der Waals surface area contributed by atoms with Gasteiger partial charge in [0, 0.05) is 25.8 Å². The smallest absolute Gasteiger partial charge is 0.0369 e. The van der Waals surface area contributed by atoms with Crippen molar-refractivity contribution in [2.45, 2.75) is 33.6 Å². The van der Waals surface area contributed by atoms with Crippen molar-refractivity contribution < 1.29 is 0 Å². The molecule has 1 atom stereocenters. The van der Waals surface area contributed by atoms with Crippen LogP contribution in [0.15, 0.2) is 18.2 Å². The predicted octanol–water partition coefficient (Wildman–Crippen LogP) is 3.13. The lowest BCUT2D eigenvalue weighted by molar-refractivity contribution is 0.243. The van der Waals surface area contributed by atoms with Crippen molar-refractivity contribution in [2.24, 2.45) is 5.41 Å². The van der Waals surface area contributed by atoms with Crippen LogP contribution in [0, 0.1) is 19.3 Å². The van der Waals surface area contributed by atoms with Crippen molar-refractivity contribution in [3.8, 4) is 0 Å². The van der Waals surface area contributed by atoms with Crippen LogP contribution in [0.25, 0.3) is 0 Å². The van der Waals surface area contributed by atoms with Gasteiger partial charge >= 0.3 is 0 Å². The van der Waals surface area contributed by atoms with E-state index in [1.54, 1.807) is 0 Å². The van der Waals surface area contributed by atoms with Crippen LogP contribution >= 0.6 is 0 Å². The SMILES string of the molecule is Cc1cc(C)cc(N(C)CC2(C)CCCNC2)c1. The highest BCUT2D eigenvalue weighted by Crippen LogP contribution is 2.28. The number of piperidine rings is 1. The molecular formula is C16H26N2. The fourth-order valence-corrected chi connectivity index (χ4v) is 3.09. The van der Waals surface area contributed by atoms with E-state index in [1.807, 2.05) is 0 Å². The summed E-state index contributed by atoms with van der Waals surface area (Å²) in [5, 5.41) is 3.53. The first-order valence-electron chi connectivity index (χ1n) is 6.99. The van der Waals surface area contributed by atoms with Gasteiger partial charge in [-0.05, 0) is 61.9 Å². The summed E-state index contributed by atoms with van der Waals surface area (Å²) in [6, 6.07) is 6.81. The molecule has 0 saturated carbocycles. The predicted molar refractivity (Wildman–Crippen MR) is 79.4 cm³/mol. The van der Waals surface area contributed by atoms with E-state index in [9.17, 15) is 0 Å². The Balaban J connectivity index is 2.08. The lowest BCUT2D eigenvalue weighted by Gasteiger charge is -2.38. The average Bonchev–Trinajstić information content (AvgIpc) is 2.28. The standard InChI is InChI=1S/C16H26N2/c1-13-8-14(2)10-15(9-13)18(4)12-16(3)6-5-7-17-11-16/h8-10,17H,5-7,11-12H2,1-4H3. The summed E-state index contributed by atoms with van der Waals surface area (Å²) in [5.74, 6) is 0. The summed E-state index contributed by atoms with van der Waals surface area (Å²) in [4.78, 5) is 2.41. The molecule has 1 N–H and O–H groups in total. The van der Waals surface area contributed by atoms with E-state index < -0.39 is 0 Å². The fourth-order valence-electron chi connectivity index (χ4n) is 3.09. The monoisotopic (exact) mass is 246 g/mol. The Hall–Kier alpha value is -1.02. The zero-order valence-corrected chi connectivity index (χ0v) is 12.2. The summed E-state index contributed by atoms with van der Waals surface area (Å²) < 4.78 is 0. The molecule has 2 nitrogen and oxygen atoms in total. The Labute approximate surface area is 111 Å². The molecule has 1 aliphatic heterocycles. The number of hydrogen-bond donors (Lipinski definition) is 1. The molecule has 100 valence electrons. The Morgan fingerprint density at radius 3 is 2.44 bits per heavy atom. The summed E-state index contributed by atoms with van der Waals surface area (Å²) in [6.45, 7) is 10.2. The van der Waals surface area contributed by atoms with Crippen LogP contribution in [-0.4, -0.2) is 26.7 Å². The first kappa shape index (κ1) is 13.4. The van der Waals surface area contributed by atoms with Gasteiger partial charge in [-0.25, -0.2) is 0 Å². The van der Waals surface area contributed by atoms with Crippen LogP contribution in [0.2, 0.25) is 0 Å². The van der Waals surface area contributed by atoms with E-state index in [4.69, 9.17) is 0 Å². The number of nitrogens with zero attached hydrogens (tertiary/aromatic N) is 1. The molecule has 1 saturated heterocycles. The molecule has 1 unspecified atom stereocenters. The molecular weight excluding hydrogens is 220 g/mol. The van der Waals surface area contributed by atoms with Crippen molar-refractivity contribution in [1.29, 1.82) is 0 Å². The topological polar surface area (TPSA) is 15.3 Å². The minimum absolute atomic E-state index is 0.407. The Morgan fingerprint density at radius 2 is 1.89 bits per heavy atom. The third kappa shape index (κ3) is 3.26. The van der Waals surface area contributed by atoms with Gasteiger partial charge < -0.3 is 10.2 Å². The third-order valence-corrected chi connectivity index (χ3v) is 3.95. The lowest BCUT2D eigenvalue weighted by atomic mass is 9.82. The molecule has 1 heterocycles. The van der Waals surface area contributed by atoms with E-state index in [-0.39, 0.29) is 0 Å². The number of nitrogens with one attached hydrogen (secondary N) is 1. The maximum atomic E-state index is 3.53. The number of rotatable bonds is 3. The largest absolute Gasteiger partial charge is 0.374 e. The summed E-state index contributed by atoms with van der Waals surface area (Å²) in [6.07, 6.45) is 2.63. The molecule has 0 aliphatic carbocycles. The van der Waals surface area contributed by atoms with E-state index in [2.05, 4.69) is 56.2 Å². The van der Waals surface area contributed by atoms with E-state index >= 15 is 0 Å². The van der Waals surface area contributed by atoms with Crippen molar-refractivity contribution in [2.75, 3.05) is 31.6 Å². The van der Waals surface area contributed by atoms with Crippen LogP contribution < -0.4 is 10.2 Å². The van der Waals surface area contributed by atoms with Gasteiger partial charge in [0.1, 0.15) is 0 Å². The Bertz CT molecular complexity index is 385. The quantitative estimate of drug-likeness (QED) is 0.881. The van der Waals surface area contributed by atoms with Gasteiger partial charge in [-0.1, -0.05) is 13.0 Å². The second kappa shape index (κ2) is 5.31. The molecule has 0 radical (unpaired) electrons. The molecule has 0 spiro atoms. The van der Waals surface area contributed by atoms with Gasteiger partial charge in [-0.3, -0.25) is 0 Å². The summed E-state index contributed by atoms with van der Waals surface area (Å²) in [5.41, 5.74) is 4.46. The zero-order chi connectivity index (χ0) is 13.2. The van der Waals surface area contributed by atoms with Crippen molar-refractivity contribution in [3.63, 3.8) is 0 Å². The first-order chi connectivity index (χ1) is 8.48. The van der Waals surface area contributed by atoms with Gasteiger partial charge in [0.15, 0.2) is 0 Å². The molecule has 0 aromatic heterocycles. The highest BCUT2D eigenvalue weighted by molar-refractivity contribution is 5.50. The second-order valence-electron chi connectivity index (χ2n) is 6.29. The number of benzene rings is 1. The minimum atomic E-state index is 0.407. The molecule has 2 heteroatoms. The van der Waals surface area contributed by atoms with Crippen LogP contribution in [-0.2, 0) is 0 Å². The van der Waals surface area contributed by atoms with Crippen LogP contribution in [0.1, 0.15) is 30.9 Å². The lowest BCUT2D eigenvalue weighted by Crippen LogP contribution is -2.45. The van der Waals surface area contributed by atoms with Gasteiger partial charge in [0.2, 0.25) is 0 Å². The van der Waals surface area contributed by atoms with Gasteiger partial charge in [0.25, 0.3) is 0 Å². The van der Waals surface area contributed by atoms with Gasteiger partial charge in [-0.15, -0.1) is 0 Å². The molecule has 0 amide bonds. The highest BCUT2D eigenvalue weighted by atomic mass is 15.1. The normalized spacial score (nSPS) is 24.0. The molecule has 1 aromatic rings. The third-order valence-electron chi connectivity index (χ3n) is 3.95. The molecule has 1 aromatic carbocycles. The van der Waals surface area contributed by atoms with Crippen molar-refractivity contribution in [3.05, 3.63) is 29.3 Å². The van der Waals surface area contributed by atoms with E-state index in [0.29, 0.717) is 5.41 Å². The fraction of sp³-hybridized carbons (Fsp3) is 0.625. The van der Waals surface area contributed by atoms with Crippen molar-refractivity contribution >= 4 is 5.69 Å². The van der Waals surface area contributed by atoms with Crippen LogP contribution in [0.4, 0.5) is 5.69 Å². The number of anilines is 1. The van der Waals surface area contributed by atoms with Gasteiger partial charge in [-0.2, -0.15) is 0 Å². The maximum absolute atomic E-state index is 3.53. The summed E-state index contributed by atoms with van der Waals surface area (Å²) >= 11 is 0. The Morgan fingerprint density at radius 1 is 1.22 bits per heavy atom. The highest BCUT2D eigenvalue weighted by Gasteiger charge is 2.28. The molecule has 1 aliphatic rings. The molecule has 0 bridgehead atoms. The maximum Gasteiger partial charge on any atom is 0.0369 e. The molecule has 1 fully saturated rings. The minimum Gasteiger partial charge on any atom is -0.374 e. The average molecular weight is 246 g/mol. The van der Waals surface area contributed by atoms with Crippen molar-refractivity contribution in [1.82, 2.24) is 5.32 Å². The number of hydrogen-bond acceptors (Lipinski definition) is 2. The van der Waals surface area contributed by atoms with Crippen LogP contribution in [0.3, 0.4) is 0 Å². The van der Waals surface area contributed by atoms with E-state index in [0.717, 1.165) is 13.1 Å². The zero-order valence-electron chi connectivity index (χ0n) is 12.2. The first-order valence-corrected chi connectivity index (χ1v) is 6.99. The Kier molecular flexibility index (Phi) is 3.96. The molecule has 2 rings (SSSR count). The van der Waals surface area contributed by atoms with E-state index in [1.165, 1.54) is 36.2 Å². The molecule has 18 heavy (non-hydrogen) atoms. The number of aryl methyl sites for hydroxylation is 2.